The van der Waals surface area contributed by atoms with E-state index in [1.165, 1.54) is 4.90 Å². The van der Waals surface area contributed by atoms with Gasteiger partial charge in [0, 0.05) is 19.6 Å². The van der Waals surface area contributed by atoms with Crippen molar-refractivity contribution >= 4 is 16.1 Å². The average molecular weight is 193 g/mol. The Morgan fingerprint density at radius 3 is 2.67 bits per heavy atom. The molecule has 1 aliphatic rings. The predicted molar refractivity (Wildman–Crippen MR) is 42.9 cm³/mol. The maximum Gasteiger partial charge on any atom is 0.317 e. The highest BCUT2D eigenvalue weighted by Crippen LogP contribution is 1.96. The third-order valence-corrected chi connectivity index (χ3v) is 2.34. The van der Waals surface area contributed by atoms with Crippen LogP contribution in [0.25, 0.3) is 0 Å². The highest BCUT2D eigenvalue weighted by molar-refractivity contribution is 7.89. The average Bonchev–Trinajstić information content (AvgIpc) is 2.29. The highest BCUT2D eigenvalue weighted by Gasteiger charge is 2.20. The van der Waals surface area contributed by atoms with Gasteiger partial charge >= 0.3 is 6.03 Å². The fourth-order valence-electron chi connectivity index (χ4n) is 0.962. The van der Waals surface area contributed by atoms with Gasteiger partial charge in [0.05, 0.1) is 5.75 Å². The third kappa shape index (κ3) is 2.67. The lowest BCUT2D eigenvalue weighted by molar-refractivity contribution is 0.220. The lowest BCUT2D eigenvalue weighted by atomic mass is 10.6. The van der Waals surface area contributed by atoms with Gasteiger partial charge in [-0.05, 0) is 0 Å². The number of amides is 2. The Hall–Kier alpha value is -0.820. The monoisotopic (exact) mass is 193 g/mol. The molecule has 70 valence electrons. The SMILES string of the molecule is NS(=O)(=O)CCN1CCNC1=O. The van der Waals surface area contributed by atoms with E-state index in [0.29, 0.717) is 13.1 Å². The minimum Gasteiger partial charge on any atom is -0.336 e. The fourth-order valence-corrected chi connectivity index (χ4v) is 1.44. The Kier molecular flexibility index (Phi) is 2.53. The molecule has 1 rings (SSSR count). The van der Waals surface area contributed by atoms with Crippen LogP contribution in [0.4, 0.5) is 4.79 Å². The summed E-state index contributed by atoms with van der Waals surface area (Å²) < 4.78 is 21.0. The summed E-state index contributed by atoms with van der Waals surface area (Å²) in [7, 11) is -3.46. The zero-order chi connectivity index (χ0) is 9.19. The fraction of sp³-hybridized carbons (Fsp3) is 0.800. The van der Waals surface area contributed by atoms with Crippen LogP contribution in [0, 0.1) is 0 Å². The Bertz CT molecular complexity index is 274. The molecule has 0 spiro atoms. The maximum absolute atomic E-state index is 10.9. The van der Waals surface area contributed by atoms with E-state index in [1.807, 2.05) is 0 Å². The predicted octanol–water partition coefficient (Wildman–Crippen LogP) is -1.70. The first-order chi connectivity index (χ1) is 5.49. The van der Waals surface area contributed by atoms with E-state index in [9.17, 15) is 13.2 Å². The van der Waals surface area contributed by atoms with E-state index in [4.69, 9.17) is 5.14 Å². The molecule has 7 heteroatoms. The minimum atomic E-state index is -3.46. The van der Waals surface area contributed by atoms with Crippen molar-refractivity contribution < 1.29 is 13.2 Å². The summed E-state index contributed by atoms with van der Waals surface area (Å²) in [6.07, 6.45) is 0. The second-order valence-electron chi connectivity index (χ2n) is 2.59. The van der Waals surface area contributed by atoms with E-state index in [1.54, 1.807) is 0 Å². The molecule has 1 aliphatic heterocycles. The van der Waals surface area contributed by atoms with Crippen molar-refractivity contribution in [2.24, 2.45) is 5.14 Å². The van der Waals surface area contributed by atoms with E-state index >= 15 is 0 Å². The minimum absolute atomic E-state index is 0.171. The number of hydrogen-bond acceptors (Lipinski definition) is 3. The van der Waals surface area contributed by atoms with Crippen molar-refractivity contribution in [2.75, 3.05) is 25.4 Å². The number of carbonyl (C=O) groups is 1. The maximum atomic E-state index is 10.9. The molecule has 1 saturated heterocycles. The summed E-state index contributed by atoms with van der Waals surface area (Å²) in [6.45, 7) is 1.29. The number of urea groups is 1. The lowest BCUT2D eigenvalue weighted by Gasteiger charge is -2.11. The molecule has 0 aromatic heterocycles. The highest BCUT2D eigenvalue weighted by atomic mass is 32.2. The molecule has 1 heterocycles. The van der Waals surface area contributed by atoms with Crippen LogP contribution in [0.2, 0.25) is 0 Å². The van der Waals surface area contributed by atoms with Crippen molar-refractivity contribution in [1.82, 2.24) is 10.2 Å². The quantitative estimate of drug-likeness (QED) is 0.559. The number of hydrogen-bond donors (Lipinski definition) is 2. The first kappa shape index (κ1) is 9.27. The lowest BCUT2D eigenvalue weighted by Crippen LogP contribution is -2.34. The van der Waals surface area contributed by atoms with E-state index in [2.05, 4.69) is 5.32 Å². The Morgan fingerprint density at radius 2 is 2.25 bits per heavy atom. The molecule has 12 heavy (non-hydrogen) atoms. The number of nitrogens with two attached hydrogens (primary N) is 1. The van der Waals surface area contributed by atoms with Crippen LogP contribution < -0.4 is 10.5 Å². The molecule has 0 saturated carbocycles. The van der Waals surface area contributed by atoms with Crippen LogP contribution in [-0.4, -0.2) is 44.7 Å². The molecule has 2 amide bonds. The van der Waals surface area contributed by atoms with E-state index in [-0.39, 0.29) is 18.3 Å². The van der Waals surface area contributed by atoms with Gasteiger partial charge < -0.3 is 10.2 Å². The second-order valence-corrected chi connectivity index (χ2v) is 4.32. The van der Waals surface area contributed by atoms with Gasteiger partial charge in [-0.25, -0.2) is 18.4 Å². The topological polar surface area (TPSA) is 92.5 Å². The molecule has 0 aromatic carbocycles. The zero-order valence-electron chi connectivity index (χ0n) is 6.49. The summed E-state index contributed by atoms with van der Waals surface area (Å²) in [5, 5.41) is 7.33. The molecule has 6 nitrogen and oxygen atoms in total. The van der Waals surface area contributed by atoms with Gasteiger partial charge in [0.2, 0.25) is 10.0 Å². The Morgan fingerprint density at radius 1 is 1.58 bits per heavy atom. The molecular formula is C5H11N3O3S. The normalized spacial score (nSPS) is 18.1. The van der Waals surface area contributed by atoms with Crippen molar-refractivity contribution in [2.45, 2.75) is 0 Å². The van der Waals surface area contributed by atoms with Crippen molar-refractivity contribution in [1.29, 1.82) is 0 Å². The summed E-state index contributed by atoms with van der Waals surface area (Å²) in [5.41, 5.74) is 0. The first-order valence-electron chi connectivity index (χ1n) is 3.52. The molecule has 0 aromatic rings. The van der Waals surface area contributed by atoms with Gasteiger partial charge in [-0.1, -0.05) is 0 Å². The van der Waals surface area contributed by atoms with Gasteiger partial charge in [0.1, 0.15) is 0 Å². The molecule has 0 aliphatic carbocycles. The number of primary sulfonamides is 1. The van der Waals surface area contributed by atoms with Crippen molar-refractivity contribution in [3.63, 3.8) is 0 Å². The van der Waals surface area contributed by atoms with Crippen LogP contribution in [0.15, 0.2) is 0 Å². The summed E-state index contributed by atoms with van der Waals surface area (Å²) in [5.74, 6) is -0.180. The van der Waals surface area contributed by atoms with Crippen LogP contribution in [0.5, 0.6) is 0 Å². The Labute approximate surface area is 70.8 Å². The third-order valence-electron chi connectivity index (χ3n) is 1.59. The molecule has 0 radical (unpaired) electrons. The van der Waals surface area contributed by atoms with Gasteiger partial charge in [0.25, 0.3) is 0 Å². The van der Waals surface area contributed by atoms with Gasteiger partial charge in [-0.15, -0.1) is 0 Å². The smallest absolute Gasteiger partial charge is 0.317 e. The van der Waals surface area contributed by atoms with Gasteiger partial charge in [0.15, 0.2) is 0 Å². The van der Waals surface area contributed by atoms with Gasteiger partial charge in [-0.3, -0.25) is 0 Å². The van der Waals surface area contributed by atoms with Crippen LogP contribution in [0.1, 0.15) is 0 Å². The molecule has 0 atom stereocenters. The molecule has 1 fully saturated rings. The zero-order valence-corrected chi connectivity index (χ0v) is 7.30. The largest absolute Gasteiger partial charge is 0.336 e. The van der Waals surface area contributed by atoms with Crippen LogP contribution in [-0.2, 0) is 10.0 Å². The molecule has 0 bridgehead atoms. The number of nitrogens with zero attached hydrogens (tertiary/aromatic N) is 1. The first-order valence-corrected chi connectivity index (χ1v) is 5.24. The Balaban J connectivity index is 2.37. The number of carbonyl (C=O) groups excluding carboxylic acids is 1. The van der Waals surface area contributed by atoms with Gasteiger partial charge in [-0.2, -0.15) is 0 Å². The number of rotatable bonds is 3. The summed E-state index contributed by atoms with van der Waals surface area (Å²) in [6, 6.07) is -0.223. The second kappa shape index (κ2) is 3.28. The molecule has 0 unspecified atom stereocenters. The summed E-state index contributed by atoms with van der Waals surface area (Å²) >= 11 is 0. The number of sulfonamides is 1. The van der Waals surface area contributed by atoms with Crippen molar-refractivity contribution in [3.05, 3.63) is 0 Å². The molecule has 3 N–H and O–H groups in total. The van der Waals surface area contributed by atoms with E-state index < -0.39 is 10.0 Å². The van der Waals surface area contributed by atoms with Crippen molar-refractivity contribution in [3.8, 4) is 0 Å². The van der Waals surface area contributed by atoms with E-state index in [0.717, 1.165) is 0 Å². The van der Waals surface area contributed by atoms with Crippen LogP contribution >= 0.6 is 0 Å². The van der Waals surface area contributed by atoms with Crippen LogP contribution in [0.3, 0.4) is 0 Å². The summed E-state index contributed by atoms with van der Waals surface area (Å²) in [4.78, 5) is 12.3. The number of nitrogens with one attached hydrogen (secondary N) is 1. The standard InChI is InChI=1S/C5H11N3O3S/c6-12(10,11)4-3-8-2-1-7-5(8)9/h1-4H2,(H,7,9)(H2,6,10,11). The molecular weight excluding hydrogens is 182 g/mol.